The highest BCUT2D eigenvalue weighted by Gasteiger charge is 2.22. The van der Waals surface area contributed by atoms with Crippen molar-refractivity contribution in [1.82, 2.24) is 0 Å². The van der Waals surface area contributed by atoms with E-state index in [0.29, 0.717) is 11.2 Å². The van der Waals surface area contributed by atoms with Gasteiger partial charge in [0, 0.05) is 13.0 Å². The predicted molar refractivity (Wildman–Crippen MR) is 114 cm³/mol. The van der Waals surface area contributed by atoms with Crippen molar-refractivity contribution in [2.45, 2.75) is 36.7 Å². The Morgan fingerprint density at radius 2 is 1.86 bits per heavy atom. The van der Waals surface area contributed by atoms with E-state index in [1.807, 2.05) is 66.0 Å². The molecule has 7 heteroatoms. The highest BCUT2D eigenvalue weighted by molar-refractivity contribution is 8.17. The molecule has 1 aliphatic rings. The average molecular weight is 423 g/mol. The highest BCUT2D eigenvalue weighted by atomic mass is 32.2. The third kappa shape index (κ3) is 8.54. The Morgan fingerprint density at radius 3 is 2.50 bits per heavy atom. The third-order valence-corrected chi connectivity index (χ3v) is 6.68. The molecule has 2 atom stereocenters. The minimum atomic E-state index is -0.634. The summed E-state index contributed by atoms with van der Waals surface area (Å²) in [7, 11) is 1.31. The van der Waals surface area contributed by atoms with Crippen molar-refractivity contribution in [3.8, 4) is 0 Å². The molecule has 0 aromatic heterocycles. The molecular weight excluding hydrogens is 396 g/mol. The SMILES string of the molecule is COC(=O)/C=C/[C@@H](OCc1ccccc1)[C@H](/C=C/C1SCCCS1)OC(C)=O. The summed E-state index contributed by atoms with van der Waals surface area (Å²) in [5.41, 5.74) is 0.989. The Balaban J connectivity index is 2.14. The number of benzene rings is 1. The zero-order valence-electron chi connectivity index (χ0n) is 16.1. The first-order valence-electron chi connectivity index (χ1n) is 9.09. The summed E-state index contributed by atoms with van der Waals surface area (Å²) in [5.74, 6) is 1.35. The van der Waals surface area contributed by atoms with Gasteiger partial charge in [0.1, 0.15) is 12.2 Å². The normalized spacial score (nSPS) is 17.5. The lowest BCUT2D eigenvalue weighted by atomic mass is 10.1. The number of esters is 2. The second-order valence-electron chi connectivity index (χ2n) is 6.07. The molecule has 0 unspecified atom stereocenters. The summed E-state index contributed by atoms with van der Waals surface area (Å²) in [6, 6.07) is 9.69. The van der Waals surface area contributed by atoms with Gasteiger partial charge in [-0.15, -0.1) is 23.5 Å². The lowest BCUT2D eigenvalue weighted by molar-refractivity contribution is -0.149. The number of ether oxygens (including phenoxy) is 3. The molecule has 1 aromatic rings. The minimum absolute atomic E-state index is 0.325. The predicted octanol–water partition coefficient (Wildman–Crippen LogP) is 3.99. The molecule has 0 saturated carbocycles. The number of methoxy groups -OCH3 is 1. The van der Waals surface area contributed by atoms with Crippen molar-refractivity contribution in [3.63, 3.8) is 0 Å². The molecule has 28 heavy (non-hydrogen) atoms. The van der Waals surface area contributed by atoms with E-state index in [-0.39, 0.29) is 0 Å². The van der Waals surface area contributed by atoms with Crippen molar-refractivity contribution in [2.75, 3.05) is 18.6 Å². The summed E-state index contributed by atoms with van der Waals surface area (Å²) >= 11 is 3.74. The molecule has 0 spiro atoms. The van der Waals surface area contributed by atoms with Gasteiger partial charge in [-0.05, 0) is 35.6 Å². The van der Waals surface area contributed by atoms with Gasteiger partial charge in [0.25, 0.3) is 0 Å². The van der Waals surface area contributed by atoms with Crippen LogP contribution in [-0.2, 0) is 30.4 Å². The molecular formula is C21H26O5S2. The van der Waals surface area contributed by atoms with E-state index in [1.165, 1.54) is 26.5 Å². The molecule has 1 aliphatic heterocycles. The van der Waals surface area contributed by atoms with E-state index >= 15 is 0 Å². The van der Waals surface area contributed by atoms with Gasteiger partial charge in [0.2, 0.25) is 0 Å². The second kappa shape index (κ2) is 12.7. The maximum absolute atomic E-state index is 11.6. The van der Waals surface area contributed by atoms with Gasteiger partial charge in [0.05, 0.1) is 18.3 Å². The zero-order chi connectivity index (χ0) is 20.2. The van der Waals surface area contributed by atoms with Crippen LogP contribution in [0.2, 0.25) is 0 Å². The molecule has 1 fully saturated rings. The number of hydrogen-bond donors (Lipinski definition) is 0. The van der Waals surface area contributed by atoms with Crippen LogP contribution in [0.5, 0.6) is 0 Å². The molecule has 1 aromatic carbocycles. The van der Waals surface area contributed by atoms with Gasteiger partial charge in [-0.25, -0.2) is 4.79 Å². The molecule has 2 rings (SSSR count). The van der Waals surface area contributed by atoms with Crippen molar-refractivity contribution < 1.29 is 23.8 Å². The first-order chi connectivity index (χ1) is 13.6. The zero-order valence-corrected chi connectivity index (χ0v) is 17.7. The number of rotatable bonds is 9. The first kappa shape index (κ1) is 22.6. The van der Waals surface area contributed by atoms with Crippen LogP contribution in [-0.4, -0.2) is 47.3 Å². The van der Waals surface area contributed by atoms with Gasteiger partial charge >= 0.3 is 11.9 Å². The summed E-state index contributed by atoms with van der Waals surface area (Å²) in [5, 5.41) is 0. The molecule has 0 N–H and O–H groups in total. The van der Waals surface area contributed by atoms with Crippen molar-refractivity contribution >= 4 is 35.5 Å². The highest BCUT2D eigenvalue weighted by Crippen LogP contribution is 2.31. The molecule has 152 valence electrons. The number of carbonyl (C=O) groups excluding carboxylic acids is 2. The maximum Gasteiger partial charge on any atom is 0.330 e. The van der Waals surface area contributed by atoms with E-state index < -0.39 is 24.1 Å². The van der Waals surface area contributed by atoms with Crippen LogP contribution in [0.15, 0.2) is 54.6 Å². The van der Waals surface area contributed by atoms with Crippen LogP contribution in [0.1, 0.15) is 18.9 Å². The molecule has 0 aliphatic carbocycles. The largest absolute Gasteiger partial charge is 0.466 e. The quantitative estimate of drug-likeness (QED) is 0.339. The van der Waals surface area contributed by atoms with Crippen LogP contribution < -0.4 is 0 Å². The summed E-state index contributed by atoms with van der Waals surface area (Å²) in [6.07, 6.45) is 6.74. The van der Waals surface area contributed by atoms with Gasteiger partial charge in [-0.3, -0.25) is 4.79 Å². The van der Waals surface area contributed by atoms with Gasteiger partial charge in [0.15, 0.2) is 0 Å². The smallest absolute Gasteiger partial charge is 0.330 e. The van der Waals surface area contributed by atoms with Crippen LogP contribution in [0, 0.1) is 0 Å². The average Bonchev–Trinajstić information content (AvgIpc) is 2.72. The lowest BCUT2D eigenvalue weighted by Crippen LogP contribution is -2.30. The molecule has 0 bridgehead atoms. The van der Waals surface area contributed by atoms with Crippen molar-refractivity contribution in [1.29, 1.82) is 0 Å². The standard InChI is InChI=1S/C21H26O5S2/c1-16(22)26-19(10-12-21-27-13-6-14-28-21)18(9-11-20(23)24-2)25-15-17-7-4-3-5-8-17/h3-5,7-12,18-19,21H,6,13-15H2,1-2H3/b11-9+,12-10+/t18-,19+/m1/s1. The molecule has 0 radical (unpaired) electrons. The van der Waals surface area contributed by atoms with E-state index in [2.05, 4.69) is 4.74 Å². The number of hydrogen-bond acceptors (Lipinski definition) is 7. The van der Waals surface area contributed by atoms with E-state index in [4.69, 9.17) is 9.47 Å². The van der Waals surface area contributed by atoms with Gasteiger partial charge < -0.3 is 14.2 Å². The fourth-order valence-corrected chi connectivity index (χ4v) is 5.13. The third-order valence-electron chi connectivity index (χ3n) is 3.85. The summed E-state index contributed by atoms with van der Waals surface area (Å²) in [6.45, 7) is 1.69. The maximum atomic E-state index is 11.6. The van der Waals surface area contributed by atoms with E-state index in [0.717, 1.165) is 17.1 Å². The Labute approximate surface area is 174 Å². The van der Waals surface area contributed by atoms with Crippen molar-refractivity contribution in [2.24, 2.45) is 0 Å². The summed E-state index contributed by atoms with van der Waals surface area (Å²) < 4.78 is 16.5. The monoisotopic (exact) mass is 422 g/mol. The van der Waals surface area contributed by atoms with Gasteiger partial charge in [-0.2, -0.15) is 0 Å². The lowest BCUT2D eigenvalue weighted by Gasteiger charge is -2.23. The molecule has 5 nitrogen and oxygen atoms in total. The molecule has 0 amide bonds. The van der Waals surface area contributed by atoms with E-state index in [1.54, 1.807) is 6.08 Å². The Hall–Kier alpha value is -1.70. The second-order valence-corrected chi connectivity index (χ2v) is 8.86. The fourth-order valence-electron chi connectivity index (χ4n) is 2.49. The molecule has 1 saturated heterocycles. The van der Waals surface area contributed by atoms with Crippen molar-refractivity contribution in [3.05, 3.63) is 60.2 Å². The van der Waals surface area contributed by atoms with E-state index in [9.17, 15) is 9.59 Å². The number of thioether (sulfide) groups is 2. The van der Waals surface area contributed by atoms with Crippen LogP contribution in [0.3, 0.4) is 0 Å². The first-order valence-corrected chi connectivity index (χ1v) is 11.2. The molecule has 1 heterocycles. The Bertz CT molecular complexity index is 669. The number of carbonyl (C=O) groups is 2. The summed E-state index contributed by atoms with van der Waals surface area (Å²) in [4.78, 5) is 23.2. The fraction of sp³-hybridized carbons (Fsp3) is 0.429. The van der Waals surface area contributed by atoms with Gasteiger partial charge in [-0.1, -0.05) is 36.4 Å². The van der Waals surface area contributed by atoms with Crippen LogP contribution in [0.25, 0.3) is 0 Å². The Kier molecular flexibility index (Phi) is 10.2. The minimum Gasteiger partial charge on any atom is -0.466 e. The Morgan fingerprint density at radius 1 is 1.14 bits per heavy atom. The van der Waals surface area contributed by atoms with Crippen LogP contribution in [0.4, 0.5) is 0 Å². The van der Waals surface area contributed by atoms with Crippen LogP contribution >= 0.6 is 23.5 Å². The topological polar surface area (TPSA) is 61.8 Å².